The lowest BCUT2D eigenvalue weighted by Gasteiger charge is -2.25. The largest absolute Gasteiger partial charge is 0.314 e. The van der Waals surface area contributed by atoms with Gasteiger partial charge in [0, 0.05) is 30.7 Å². The maximum atomic E-state index is 6.20. The van der Waals surface area contributed by atoms with Crippen LogP contribution < -0.4 is 10.6 Å². The van der Waals surface area contributed by atoms with Gasteiger partial charge in [0.1, 0.15) is 0 Å². The van der Waals surface area contributed by atoms with Gasteiger partial charge in [0.15, 0.2) is 0 Å². The molecule has 0 saturated carbocycles. The summed E-state index contributed by atoms with van der Waals surface area (Å²) < 4.78 is 0. The number of halogens is 1. The van der Waals surface area contributed by atoms with E-state index in [1.807, 2.05) is 6.07 Å². The van der Waals surface area contributed by atoms with Crippen molar-refractivity contribution in [2.45, 2.75) is 13.0 Å². The first kappa shape index (κ1) is 9.97. The van der Waals surface area contributed by atoms with Crippen molar-refractivity contribution < 1.29 is 0 Å². The highest BCUT2D eigenvalue weighted by molar-refractivity contribution is 6.31. The second-order valence-electron chi connectivity index (χ2n) is 3.74. The van der Waals surface area contributed by atoms with Crippen molar-refractivity contribution in [2.75, 3.05) is 19.6 Å². The van der Waals surface area contributed by atoms with Crippen molar-refractivity contribution in [1.82, 2.24) is 10.6 Å². The maximum absolute atomic E-state index is 6.20. The minimum absolute atomic E-state index is 0.358. The zero-order valence-electron chi connectivity index (χ0n) is 8.31. The van der Waals surface area contributed by atoms with E-state index in [0.29, 0.717) is 6.04 Å². The Morgan fingerprint density at radius 1 is 1.36 bits per heavy atom. The first-order valence-corrected chi connectivity index (χ1v) is 5.35. The molecule has 0 radical (unpaired) electrons. The van der Waals surface area contributed by atoms with Crippen LogP contribution in [0.3, 0.4) is 0 Å². The zero-order chi connectivity index (χ0) is 9.97. The highest BCUT2D eigenvalue weighted by Crippen LogP contribution is 2.24. The lowest BCUT2D eigenvalue weighted by atomic mass is 10.0. The number of rotatable bonds is 1. The fourth-order valence-corrected chi connectivity index (χ4v) is 2.15. The predicted molar refractivity (Wildman–Crippen MR) is 59.8 cm³/mol. The van der Waals surface area contributed by atoms with Gasteiger partial charge in [-0.1, -0.05) is 23.7 Å². The number of hydrogen-bond donors (Lipinski definition) is 2. The Morgan fingerprint density at radius 3 is 2.86 bits per heavy atom. The van der Waals surface area contributed by atoms with E-state index in [4.69, 9.17) is 11.6 Å². The van der Waals surface area contributed by atoms with E-state index in [2.05, 4.69) is 29.7 Å². The molecule has 0 aromatic heterocycles. The van der Waals surface area contributed by atoms with Gasteiger partial charge in [-0.25, -0.2) is 0 Å². The minimum Gasteiger partial charge on any atom is -0.314 e. The van der Waals surface area contributed by atoms with Gasteiger partial charge < -0.3 is 10.6 Å². The van der Waals surface area contributed by atoms with E-state index in [9.17, 15) is 0 Å². The van der Waals surface area contributed by atoms with Crippen molar-refractivity contribution in [2.24, 2.45) is 0 Å². The topological polar surface area (TPSA) is 24.1 Å². The van der Waals surface area contributed by atoms with Crippen molar-refractivity contribution in [3.63, 3.8) is 0 Å². The van der Waals surface area contributed by atoms with E-state index >= 15 is 0 Å². The van der Waals surface area contributed by atoms with Crippen LogP contribution in [0.2, 0.25) is 5.02 Å². The van der Waals surface area contributed by atoms with Crippen molar-refractivity contribution in [3.8, 4) is 0 Å². The zero-order valence-corrected chi connectivity index (χ0v) is 9.06. The molecule has 3 heteroatoms. The van der Waals surface area contributed by atoms with Gasteiger partial charge in [0.2, 0.25) is 0 Å². The molecule has 2 N–H and O–H groups in total. The molecule has 1 fully saturated rings. The minimum atomic E-state index is 0.358. The van der Waals surface area contributed by atoms with Gasteiger partial charge in [-0.15, -0.1) is 0 Å². The van der Waals surface area contributed by atoms with Crippen molar-refractivity contribution >= 4 is 11.6 Å². The van der Waals surface area contributed by atoms with Crippen LogP contribution in [0.25, 0.3) is 0 Å². The smallest absolute Gasteiger partial charge is 0.0462 e. The Bertz CT molecular complexity index is 319. The standard InChI is InChI=1S/C11H15ClN2/c1-8-2-3-9(10(12)6-8)11-7-13-4-5-14-11/h2-3,6,11,13-14H,4-5,7H2,1H3/t11-/m0/s1. The van der Waals surface area contributed by atoms with E-state index in [-0.39, 0.29) is 0 Å². The molecule has 1 aromatic carbocycles. The molecular formula is C11H15ClN2. The highest BCUT2D eigenvalue weighted by atomic mass is 35.5. The number of piperazine rings is 1. The fraction of sp³-hybridized carbons (Fsp3) is 0.455. The van der Waals surface area contributed by atoms with Gasteiger partial charge >= 0.3 is 0 Å². The summed E-state index contributed by atoms with van der Waals surface area (Å²) in [5.41, 5.74) is 2.41. The Kier molecular flexibility index (Phi) is 3.06. The third kappa shape index (κ3) is 2.08. The average Bonchev–Trinajstić information content (AvgIpc) is 2.19. The summed E-state index contributed by atoms with van der Waals surface area (Å²) >= 11 is 6.20. The molecule has 2 nitrogen and oxygen atoms in total. The van der Waals surface area contributed by atoms with Crippen LogP contribution in [0.4, 0.5) is 0 Å². The Labute approximate surface area is 89.7 Å². The predicted octanol–water partition coefficient (Wildman–Crippen LogP) is 1.88. The van der Waals surface area contributed by atoms with E-state index < -0.39 is 0 Å². The lowest BCUT2D eigenvalue weighted by molar-refractivity contribution is 0.430. The lowest BCUT2D eigenvalue weighted by Crippen LogP contribution is -2.42. The summed E-state index contributed by atoms with van der Waals surface area (Å²) in [6.07, 6.45) is 0. The molecule has 1 atom stereocenters. The summed E-state index contributed by atoms with van der Waals surface area (Å²) in [6, 6.07) is 6.60. The maximum Gasteiger partial charge on any atom is 0.0462 e. The average molecular weight is 211 g/mol. The van der Waals surface area contributed by atoms with Crippen molar-refractivity contribution in [1.29, 1.82) is 0 Å². The van der Waals surface area contributed by atoms with Crippen LogP contribution in [-0.2, 0) is 0 Å². The van der Waals surface area contributed by atoms with Crippen LogP contribution in [0.5, 0.6) is 0 Å². The molecule has 1 aliphatic heterocycles. The molecule has 76 valence electrons. The molecular weight excluding hydrogens is 196 g/mol. The van der Waals surface area contributed by atoms with Crippen LogP contribution >= 0.6 is 11.6 Å². The second kappa shape index (κ2) is 4.30. The summed E-state index contributed by atoms with van der Waals surface area (Å²) in [4.78, 5) is 0. The number of aryl methyl sites for hydroxylation is 1. The van der Waals surface area contributed by atoms with E-state index in [1.165, 1.54) is 11.1 Å². The number of hydrogen-bond acceptors (Lipinski definition) is 2. The molecule has 0 spiro atoms. The van der Waals surface area contributed by atoms with Gasteiger partial charge in [0.25, 0.3) is 0 Å². The molecule has 0 amide bonds. The van der Waals surface area contributed by atoms with Gasteiger partial charge in [-0.2, -0.15) is 0 Å². The summed E-state index contributed by atoms with van der Waals surface area (Å²) in [6.45, 7) is 5.07. The molecule has 2 rings (SSSR count). The van der Waals surface area contributed by atoms with Crippen molar-refractivity contribution in [3.05, 3.63) is 34.3 Å². The molecule has 1 saturated heterocycles. The third-order valence-electron chi connectivity index (χ3n) is 2.57. The Balaban J connectivity index is 2.22. The van der Waals surface area contributed by atoms with Crippen LogP contribution in [-0.4, -0.2) is 19.6 Å². The molecule has 1 aromatic rings. The third-order valence-corrected chi connectivity index (χ3v) is 2.90. The molecule has 0 bridgehead atoms. The van der Waals surface area contributed by atoms with Crippen LogP contribution in [0, 0.1) is 6.92 Å². The Morgan fingerprint density at radius 2 is 2.21 bits per heavy atom. The normalized spacial score (nSPS) is 22.3. The van der Waals surface area contributed by atoms with Gasteiger partial charge in [-0.3, -0.25) is 0 Å². The first-order chi connectivity index (χ1) is 6.77. The van der Waals surface area contributed by atoms with Gasteiger partial charge in [-0.05, 0) is 24.1 Å². The van der Waals surface area contributed by atoms with E-state index in [0.717, 1.165) is 24.7 Å². The second-order valence-corrected chi connectivity index (χ2v) is 4.14. The molecule has 14 heavy (non-hydrogen) atoms. The Hall–Kier alpha value is -0.570. The number of nitrogens with one attached hydrogen (secondary N) is 2. The SMILES string of the molecule is Cc1ccc([C@@H]2CNCCN2)c(Cl)c1. The monoisotopic (exact) mass is 210 g/mol. The molecule has 1 heterocycles. The summed E-state index contributed by atoms with van der Waals surface area (Å²) in [5, 5.41) is 7.67. The van der Waals surface area contributed by atoms with E-state index in [1.54, 1.807) is 0 Å². The summed E-state index contributed by atoms with van der Waals surface area (Å²) in [7, 11) is 0. The molecule has 0 unspecified atom stereocenters. The number of benzene rings is 1. The first-order valence-electron chi connectivity index (χ1n) is 4.97. The summed E-state index contributed by atoms with van der Waals surface area (Å²) in [5.74, 6) is 0. The molecule has 0 aliphatic carbocycles. The van der Waals surface area contributed by atoms with Crippen LogP contribution in [0.15, 0.2) is 18.2 Å². The quantitative estimate of drug-likeness (QED) is 0.740. The van der Waals surface area contributed by atoms with Gasteiger partial charge in [0.05, 0.1) is 0 Å². The highest BCUT2D eigenvalue weighted by Gasteiger charge is 2.16. The van der Waals surface area contributed by atoms with Crippen LogP contribution in [0.1, 0.15) is 17.2 Å². The fourth-order valence-electron chi connectivity index (χ4n) is 1.79. The molecule has 1 aliphatic rings.